The van der Waals surface area contributed by atoms with E-state index in [-0.39, 0.29) is 14.7 Å². The molecule has 0 amide bonds. The van der Waals surface area contributed by atoms with E-state index < -0.39 is 0 Å². The first-order valence-corrected chi connectivity index (χ1v) is 5.32. The van der Waals surface area contributed by atoms with Gasteiger partial charge in [0.25, 0.3) is 0 Å². The van der Waals surface area contributed by atoms with Gasteiger partial charge >= 0.3 is 0 Å². The molecule has 2 heteroatoms. The predicted octanol–water partition coefficient (Wildman–Crippen LogP) is 0.175. The van der Waals surface area contributed by atoms with E-state index in [1.165, 1.54) is 5.19 Å². The van der Waals surface area contributed by atoms with Gasteiger partial charge in [-0.05, 0) is 0 Å². The molecule has 0 aliphatic heterocycles. The Morgan fingerprint density at radius 1 is 1.18 bits per heavy atom. The third-order valence-electron chi connectivity index (χ3n) is 1.50. The molecule has 0 radical (unpaired) electrons. The maximum absolute atomic E-state index is 5.93. The van der Waals surface area contributed by atoms with E-state index in [1.807, 2.05) is 6.07 Å². The molecule has 0 aliphatic rings. The Hall–Kier alpha value is -0.603. The number of rotatable bonds is 2. The standard InChI is InChI=1S/C9H15NSi/c1-9(2,10)11-8-6-4-3-5-7-8/h3-7H,10-11H2,1-2H3. The first-order valence-electron chi connectivity index (χ1n) is 3.91. The van der Waals surface area contributed by atoms with Crippen LogP contribution < -0.4 is 10.9 Å². The van der Waals surface area contributed by atoms with Crippen LogP contribution >= 0.6 is 0 Å². The highest BCUT2D eigenvalue weighted by molar-refractivity contribution is 6.56. The lowest BCUT2D eigenvalue weighted by Gasteiger charge is -2.17. The van der Waals surface area contributed by atoms with Crippen molar-refractivity contribution in [3.05, 3.63) is 30.3 Å². The fourth-order valence-electron chi connectivity index (χ4n) is 1.12. The van der Waals surface area contributed by atoms with Crippen molar-refractivity contribution in [2.24, 2.45) is 5.73 Å². The molecule has 0 aliphatic carbocycles. The Bertz CT molecular complexity index is 213. The number of nitrogens with two attached hydrogens (primary N) is 1. The van der Waals surface area contributed by atoms with Crippen molar-refractivity contribution in [1.29, 1.82) is 0 Å². The maximum atomic E-state index is 5.93. The molecule has 2 N–H and O–H groups in total. The molecule has 1 rings (SSSR count). The zero-order chi connectivity index (χ0) is 8.32. The summed E-state index contributed by atoms with van der Waals surface area (Å²) in [7, 11) is -0.295. The summed E-state index contributed by atoms with van der Waals surface area (Å²) >= 11 is 0. The van der Waals surface area contributed by atoms with Gasteiger partial charge < -0.3 is 5.73 Å². The molecular formula is C9H15NSi. The first kappa shape index (κ1) is 8.49. The van der Waals surface area contributed by atoms with Crippen LogP contribution in [0.15, 0.2) is 30.3 Å². The Balaban J connectivity index is 2.66. The molecule has 0 atom stereocenters. The average Bonchev–Trinajstić information content (AvgIpc) is 1.85. The minimum absolute atomic E-state index is 0.0430. The van der Waals surface area contributed by atoms with Crippen LogP contribution in [0.4, 0.5) is 0 Å². The van der Waals surface area contributed by atoms with Gasteiger partial charge in [0.2, 0.25) is 0 Å². The molecule has 1 nitrogen and oxygen atoms in total. The van der Waals surface area contributed by atoms with E-state index in [4.69, 9.17) is 5.73 Å². The second kappa shape index (κ2) is 3.20. The molecule has 0 bridgehead atoms. The summed E-state index contributed by atoms with van der Waals surface area (Å²) in [4.78, 5) is 0. The maximum Gasteiger partial charge on any atom is 0.0768 e. The lowest BCUT2D eigenvalue weighted by Crippen LogP contribution is -2.44. The van der Waals surface area contributed by atoms with Gasteiger partial charge in [-0.3, -0.25) is 0 Å². The van der Waals surface area contributed by atoms with Crippen LogP contribution in [0.3, 0.4) is 0 Å². The first-order chi connectivity index (χ1) is 5.08. The van der Waals surface area contributed by atoms with Gasteiger partial charge in [0.15, 0.2) is 0 Å². The topological polar surface area (TPSA) is 26.0 Å². The molecular weight excluding hydrogens is 150 g/mol. The van der Waals surface area contributed by atoms with E-state index in [0.29, 0.717) is 0 Å². The van der Waals surface area contributed by atoms with Gasteiger partial charge in [0.05, 0.1) is 9.52 Å². The largest absolute Gasteiger partial charge is 0.328 e. The SMILES string of the molecule is CC(C)(N)[SiH2]c1ccccc1. The summed E-state index contributed by atoms with van der Waals surface area (Å²) in [5.41, 5.74) is 5.93. The summed E-state index contributed by atoms with van der Waals surface area (Å²) in [6.07, 6.45) is 0. The van der Waals surface area contributed by atoms with E-state index in [9.17, 15) is 0 Å². The highest BCUT2D eigenvalue weighted by Gasteiger charge is 2.11. The third-order valence-corrected chi connectivity index (χ3v) is 3.29. The van der Waals surface area contributed by atoms with E-state index >= 15 is 0 Å². The zero-order valence-electron chi connectivity index (χ0n) is 7.17. The molecule has 11 heavy (non-hydrogen) atoms. The molecule has 0 unspecified atom stereocenters. The van der Waals surface area contributed by atoms with Crippen molar-refractivity contribution in [2.45, 2.75) is 19.0 Å². The van der Waals surface area contributed by atoms with Crippen molar-refractivity contribution in [3.8, 4) is 0 Å². The van der Waals surface area contributed by atoms with Crippen molar-refractivity contribution >= 4 is 14.7 Å². The molecule has 0 aromatic heterocycles. The number of hydrogen-bond acceptors (Lipinski definition) is 1. The quantitative estimate of drug-likeness (QED) is 0.621. The fourth-order valence-corrected chi connectivity index (χ4v) is 2.68. The highest BCUT2D eigenvalue weighted by atomic mass is 28.2. The van der Waals surface area contributed by atoms with E-state index in [2.05, 4.69) is 38.1 Å². The van der Waals surface area contributed by atoms with Crippen LogP contribution in [-0.4, -0.2) is 14.7 Å². The predicted molar refractivity (Wildman–Crippen MR) is 52.9 cm³/mol. The molecule has 1 aromatic rings. The summed E-state index contributed by atoms with van der Waals surface area (Å²) < 4.78 is 0. The molecule has 0 saturated heterocycles. The highest BCUT2D eigenvalue weighted by Crippen LogP contribution is 1.93. The van der Waals surface area contributed by atoms with Gasteiger partial charge in [-0.2, -0.15) is 0 Å². The second-order valence-electron chi connectivity index (χ2n) is 3.65. The van der Waals surface area contributed by atoms with E-state index in [0.717, 1.165) is 0 Å². The normalized spacial score (nSPS) is 12.6. The Labute approximate surface area is 70.4 Å². The monoisotopic (exact) mass is 165 g/mol. The van der Waals surface area contributed by atoms with Crippen molar-refractivity contribution in [1.82, 2.24) is 0 Å². The van der Waals surface area contributed by atoms with Crippen LogP contribution in [0.5, 0.6) is 0 Å². The minimum Gasteiger partial charge on any atom is -0.328 e. The zero-order valence-corrected chi connectivity index (χ0v) is 8.59. The number of hydrogen-bond donors (Lipinski definition) is 1. The van der Waals surface area contributed by atoms with Gasteiger partial charge in [-0.25, -0.2) is 0 Å². The van der Waals surface area contributed by atoms with Crippen LogP contribution in [-0.2, 0) is 0 Å². The van der Waals surface area contributed by atoms with Crippen LogP contribution in [0, 0.1) is 0 Å². The molecule has 0 heterocycles. The fraction of sp³-hybridized carbons (Fsp3) is 0.333. The average molecular weight is 165 g/mol. The summed E-state index contributed by atoms with van der Waals surface area (Å²) in [6.45, 7) is 4.21. The summed E-state index contributed by atoms with van der Waals surface area (Å²) in [5, 5.41) is 1.49. The Morgan fingerprint density at radius 2 is 1.73 bits per heavy atom. The van der Waals surface area contributed by atoms with Crippen LogP contribution in [0.2, 0.25) is 0 Å². The molecule has 1 aromatic carbocycles. The van der Waals surface area contributed by atoms with Crippen LogP contribution in [0.25, 0.3) is 0 Å². The van der Waals surface area contributed by atoms with Gasteiger partial charge in [-0.1, -0.05) is 49.4 Å². The molecule has 0 saturated carbocycles. The smallest absolute Gasteiger partial charge is 0.0768 e. The van der Waals surface area contributed by atoms with Gasteiger partial charge in [-0.15, -0.1) is 0 Å². The van der Waals surface area contributed by atoms with Gasteiger partial charge in [0, 0.05) is 5.16 Å². The Morgan fingerprint density at radius 3 is 2.18 bits per heavy atom. The minimum atomic E-state index is -0.295. The van der Waals surface area contributed by atoms with E-state index in [1.54, 1.807) is 0 Å². The third kappa shape index (κ3) is 3.35. The summed E-state index contributed by atoms with van der Waals surface area (Å²) in [6, 6.07) is 10.5. The molecule has 0 spiro atoms. The molecule has 0 fully saturated rings. The molecule has 60 valence electrons. The lowest BCUT2D eigenvalue weighted by atomic mass is 10.4. The van der Waals surface area contributed by atoms with Gasteiger partial charge in [0.1, 0.15) is 0 Å². The number of benzene rings is 1. The van der Waals surface area contributed by atoms with Crippen molar-refractivity contribution in [2.75, 3.05) is 0 Å². The summed E-state index contributed by atoms with van der Waals surface area (Å²) in [5.74, 6) is 0. The Kier molecular flexibility index (Phi) is 2.47. The van der Waals surface area contributed by atoms with Crippen molar-refractivity contribution in [3.63, 3.8) is 0 Å². The second-order valence-corrected chi connectivity index (χ2v) is 6.64. The lowest BCUT2D eigenvalue weighted by molar-refractivity contribution is 0.734. The van der Waals surface area contributed by atoms with Crippen LogP contribution in [0.1, 0.15) is 13.8 Å². The van der Waals surface area contributed by atoms with Crippen molar-refractivity contribution < 1.29 is 0 Å².